The van der Waals surface area contributed by atoms with Gasteiger partial charge < -0.3 is 5.11 Å². The van der Waals surface area contributed by atoms with Gasteiger partial charge in [0.1, 0.15) is 5.69 Å². The van der Waals surface area contributed by atoms with Gasteiger partial charge in [0.15, 0.2) is 5.69 Å². The predicted molar refractivity (Wildman–Crippen MR) is 53.3 cm³/mol. The number of aromatic nitrogens is 3. The zero-order valence-corrected chi connectivity index (χ0v) is 8.72. The van der Waals surface area contributed by atoms with Gasteiger partial charge in [-0.3, -0.25) is 0 Å². The number of alkyl halides is 3. The van der Waals surface area contributed by atoms with Gasteiger partial charge in [-0.2, -0.15) is 23.1 Å². The number of para-hydroxylation sites is 1. The third-order valence-electron chi connectivity index (χ3n) is 2.13. The van der Waals surface area contributed by atoms with E-state index >= 15 is 0 Å². The van der Waals surface area contributed by atoms with Crippen molar-refractivity contribution in [2.24, 2.45) is 0 Å². The number of rotatable bonds is 2. The van der Waals surface area contributed by atoms with Crippen molar-refractivity contribution in [1.82, 2.24) is 15.0 Å². The molecule has 1 aromatic heterocycles. The minimum Gasteiger partial charge on any atom is -0.478 e. The SMILES string of the molecule is O=C(O)c1ccccc1-n1ncc(C(F)(F)F)n1. The van der Waals surface area contributed by atoms with Crippen molar-refractivity contribution in [3.8, 4) is 5.69 Å². The van der Waals surface area contributed by atoms with E-state index in [4.69, 9.17) is 5.11 Å². The molecule has 0 aliphatic carbocycles. The molecule has 0 atom stereocenters. The number of carbonyl (C=O) groups is 1. The second-order valence-electron chi connectivity index (χ2n) is 3.34. The van der Waals surface area contributed by atoms with Crippen LogP contribution in [0.5, 0.6) is 0 Å². The maximum absolute atomic E-state index is 12.3. The van der Waals surface area contributed by atoms with E-state index < -0.39 is 17.8 Å². The minimum atomic E-state index is -4.61. The Morgan fingerprint density at radius 1 is 1.28 bits per heavy atom. The van der Waals surface area contributed by atoms with E-state index in [0.717, 1.165) is 0 Å². The molecule has 2 rings (SSSR count). The Balaban J connectivity index is 2.50. The molecule has 0 spiro atoms. The fourth-order valence-electron chi connectivity index (χ4n) is 1.34. The summed E-state index contributed by atoms with van der Waals surface area (Å²) < 4.78 is 37.0. The summed E-state index contributed by atoms with van der Waals surface area (Å²) in [6.07, 6.45) is -4.07. The van der Waals surface area contributed by atoms with Crippen LogP contribution in [0, 0.1) is 0 Å². The molecule has 2 aromatic rings. The Morgan fingerprint density at radius 3 is 2.50 bits per heavy atom. The van der Waals surface area contributed by atoms with Gasteiger partial charge in [-0.15, -0.1) is 5.10 Å². The topological polar surface area (TPSA) is 68.0 Å². The van der Waals surface area contributed by atoms with E-state index in [1.165, 1.54) is 24.3 Å². The first-order chi connectivity index (χ1) is 8.39. The molecule has 0 fully saturated rings. The van der Waals surface area contributed by atoms with Crippen molar-refractivity contribution in [1.29, 1.82) is 0 Å². The van der Waals surface area contributed by atoms with E-state index in [2.05, 4.69) is 10.2 Å². The Kier molecular flexibility index (Phi) is 2.77. The Labute approximate surface area is 98.5 Å². The van der Waals surface area contributed by atoms with Crippen LogP contribution in [0.25, 0.3) is 5.69 Å². The van der Waals surface area contributed by atoms with Crippen LogP contribution in [-0.4, -0.2) is 26.1 Å². The number of halogens is 3. The zero-order chi connectivity index (χ0) is 13.3. The molecule has 0 saturated heterocycles. The molecule has 0 saturated carbocycles. The zero-order valence-electron chi connectivity index (χ0n) is 8.72. The van der Waals surface area contributed by atoms with Gasteiger partial charge in [0.25, 0.3) is 0 Å². The second-order valence-corrected chi connectivity index (χ2v) is 3.34. The monoisotopic (exact) mass is 257 g/mol. The van der Waals surface area contributed by atoms with Crippen molar-refractivity contribution in [3.63, 3.8) is 0 Å². The highest BCUT2D eigenvalue weighted by atomic mass is 19.4. The average molecular weight is 257 g/mol. The van der Waals surface area contributed by atoms with Crippen LogP contribution in [-0.2, 0) is 6.18 Å². The number of carboxylic acid groups (broad SMARTS) is 1. The quantitative estimate of drug-likeness (QED) is 0.893. The first-order valence-electron chi connectivity index (χ1n) is 4.72. The normalized spacial score (nSPS) is 11.5. The summed E-state index contributed by atoms with van der Waals surface area (Å²) in [6.45, 7) is 0. The standard InChI is InChI=1S/C10H6F3N3O2/c11-10(12,13)8-5-14-16(15-8)7-4-2-1-3-6(7)9(17)18/h1-5H,(H,17,18). The first kappa shape index (κ1) is 12.1. The van der Waals surface area contributed by atoms with Gasteiger partial charge >= 0.3 is 12.1 Å². The molecular formula is C10H6F3N3O2. The molecule has 0 aliphatic heterocycles. The molecule has 18 heavy (non-hydrogen) atoms. The third-order valence-corrected chi connectivity index (χ3v) is 2.13. The molecule has 94 valence electrons. The number of benzene rings is 1. The van der Waals surface area contributed by atoms with Crippen LogP contribution in [0.2, 0.25) is 0 Å². The summed E-state index contributed by atoms with van der Waals surface area (Å²) in [5.41, 5.74) is -1.38. The lowest BCUT2D eigenvalue weighted by molar-refractivity contribution is -0.141. The summed E-state index contributed by atoms with van der Waals surface area (Å²) in [5.74, 6) is -1.27. The fraction of sp³-hybridized carbons (Fsp3) is 0.100. The van der Waals surface area contributed by atoms with Crippen molar-refractivity contribution in [3.05, 3.63) is 41.7 Å². The molecule has 5 nitrogen and oxygen atoms in total. The molecule has 0 radical (unpaired) electrons. The van der Waals surface area contributed by atoms with Crippen molar-refractivity contribution < 1.29 is 23.1 Å². The Hall–Kier alpha value is -2.38. The highest BCUT2D eigenvalue weighted by Crippen LogP contribution is 2.27. The van der Waals surface area contributed by atoms with Crippen LogP contribution < -0.4 is 0 Å². The second kappa shape index (κ2) is 4.13. The Bertz CT molecular complexity index is 592. The van der Waals surface area contributed by atoms with E-state index in [9.17, 15) is 18.0 Å². The van der Waals surface area contributed by atoms with Crippen molar-refractivity contribution in [2.45, 2.75) is 6.18 Å². The predicted octanol–water partition coefficient (Wildman–Crippen LogP) is 1.98. The minimum absolute atomic E-state index is 0.0273. The van der Waals surface area contributed by atoms with Gasteiger partial charge in [-0.25, -0.2) is 4.79 Å². The van der Waals surface area contributed by atoms with Gasteiger partial charge in [0.05, 0.1) is 11.8 Å². The lowest BCUT2D eigenvalue weighted by atomic mass is 10.2. The highest BCUT2D eigenvalue weighted by molar-refractivity contribution is 5.91. The molecule has 8 heteroatoms. The summed E-state index contributed by atoms with van der Waals surface area (Å²) in [5, 5.41) is 15.5. The smallest absolute Gasteiger partial charge is 0.436 e. The lowest BCUT2D eigenvalue weighted by Crippen LogP contribution is -2.10. The first-order valence-corrected chi connectivity index (χ1v) is 4.72. The van der Waals surface area contributed by atoms with Gasteiger partial charge in [-0.05, 0) is 12.1 Å². The fourth-order valence-corrected chi connectivity index (χ4v) is 1.34. The number of aromatic carboxylic acids is 1. The molecular weight excluding hydrogens is 251 g/mol. The van der Waals surface area contributed by atoms with Crippen molar-refractivity contribution in [2.75, 3.05) is 0 Å². The molecule has 0 aliphatic rings. The Morgan fingerprint density at radius 2 is 1.94 bits per heavy atom. The van der Waals surface area contributed by atoms with Gasteiger partial charge in [0, 0.05) is 0 Å². The highest BCUT2D eigenvalue weighted by Gasteiger charge is 2.34. The average Bonchev–Trinajstić information content (AvgIpc) is 2.77. The summed E-state index contributed by atoms with van der Waals surface area (Å²) in [7, 11) is 0. The van der Waals surface area contributed by atoms with Crippen molar-refractivity contribution >= 4 is 5.97 Å². The van der Waals surface area contributed by atoms with Crippen LogP contribution in [0.3, 0.4) is 0 Å². The van der Waals surface area contributed by atoms with Crippen LogP contribution >= 0.6 is 0 Å². The molecule has 1 aromatic carbocycles. The van der Waals surface area contributed by atoms with E-state index in [-0.39, 0.29) is 11.3 Å². The lowest BCUT2D eigenvalue weighted by Gasteiger charge is -2.04. The van der Waals surface area contributed by atoms with Crippen LogP contribution in [0.15, 0.2) is 30.5 Å². The maximum atomic E-state index is 12.3. The maximum Gasteiger partial charge on any atom is 0.436 e. The summed E-state index contributed by atoms with van der Waals surface area (Å²) in [4.78, 5) is 11.6. The summed E-state index contributed by atoms with van der Waals surface area (Å²) >= 11 is 0. The van der Waals surface area contributed by atoms with Gasteiger partial charge in [-0.1, -0.05) is 12.1 Å². The molecule has 1 heterocycles. The number of nitrogens with zero attached hydrogens (tertiary/aromatic N) is 3. The van der Waals surface area contributed by atoms with E-state index in [1.807, 2.05) is 0 Å². The molecule has 0 unspecified atom stereocenters. The van der Waals surface area contributed by atoms with Crippen LogP contribution in [0.4, 0.5) is 13.2 Å². The molecule has 1 N–H and O–H groups in total. The van der Waals surface area contributed by atoms with Crippen LogP contribution in [0.1, 0.15) is 16.1 Å². The van der Waals surface area contributed by atoms with Gasteiger partial charge in [0.2, 0.25) is 0 Å². The molecule has 0 bridgehead atoms. The van der Waals surface area contributed by atoms with E-state index in [0.29, 0.717) is 11.0 Å². The largest absolute Gasteiger partial charge is 0.478 e. The molecule has 0 amide bonds. The third kappa shape index (κ3) is 2.17. The number of carboxylic acids is 1. The number of hydrogen-bond acceptors (Lipinski definition) is 3. The van der Waals surface area contributed by atoms with E-state index in [1.54, 1.807) is 0 Å². The number of hydrogen-bond donors (Lipinski definition) is 1. The summed E-state index contributed by atoms with van der Waals surface area (Å²) in [6, 6.07) is 5.53.